The zero-order valence-corrected chi connectivity index (χ0v) is 21.0. The number of urea groups is 1. The van der Waals surface area contributed by atoms with E-state index < -0.39 is 29.2 Å². The number of rotatable bonds is 4. The van der Waals surface area contributed by atoms with Gasteiger partial charge in [-0.05, 0) is 63.4 Å². The first-order valence-electron chi connectivity index (χ1n) is 11.9. The van der Waals surface area contributed by atoms with Crippen LogP contribution in [-0.4, -0.2) is 65.1 Å². The van der Waals surface area contributed by atoms with Crippen LogP contribution < -0.4 is 4.90 Å². The molecule has 0 saturated carbocycles. The number of amides is 4. The summed E-state index contributed by atoms with van der Waals surface area (Å²) in [6.45, 7) is 6.11. The quantitative estimate of drug-likeness (QED) is 0.468. The molecule has 2 aliphatic rings. The number of hydrogen-bond donors (Lipinski definition) is 0. The highest BCUT2D eigenvalue weighted by atomic mass is 16.6. The second-order valence-corrected chi connectivity index (χ2v) is 10.1. The number of likely N-dealkylation sites (N-methyl/N-ethyl adjacent to an activating group) is 1. The van der Waals surface area contributed by atoms with Crippen molar-refractivity contribution in [3.05, 3.63) is 65.7 Å². The van der Waals surface area contributed by atoms with Crippen LogP contribution in [0, 0.1) is 0 Å². The normalized spacial score (nSPS) is 17.5. The number of esters is 1. The van der Waals surface area contributed by atoms with E-state index in [1.165, 1.54) is 11.9 Å². The molecule has 190 valence electrons. The van der Waals surface area contributed by atoms with Crippen LogP contribution in [0.3, 0.4) is 0 Å². The zero-order valence-electron chi connectivity index (χ0n) is 21.0. The minimum absolute atomic E-state index is 0.155. The fourth-order valence-corrected chi connectivity index (χ4v) is 4.56. The molecular weight excluding hydrogens is 462 g/mol. The maximum absolute atomic E-state index is 13.2. The third-order valence-corrected chi connectivity index (χ3v) is 6.43. The molecule has 4 amide bonds. The number of carbonyl (C=O) groups is 4. The summed E-state index contributed by atoms with van der Waals surface area (Å²) in [5, 5.41) is 0. The summed E-state index contributed by atoms with van der Waals surface area (Å²) >= 11 is 0. The summed E-state index contributed by atoms with van der Waals surface area (Å²) in [7, 11) is 1.46. The molecule has 0 atom stereocenters. The Hall–Kier alpha value is -3.88. The van der Waals surface area contributed by atoms with Gasteiger partial charge in [-0.25, -0.2) is 14.4 Å². The van der Waals surface area contributed by atoms with E-state index in [2.05, 4.69) is 0 Å². The van der Waals surface area contributed by atoms with Crippen LogP contribution in [0.25, 0.3) is 0 Å². The largest absolute Gasteiger partial charge is 0.457 e. The summed E-state index contributed by atoms with van der Waals surface area (Å²) in [5.41, 5.74) is 0.00515. The molecule has 9 nitrogen and oxygen atoms in total. The van der Waals surface area contributed by atoms with E-state index in [1.807, 2.05) is 30.3 Å². The number of carbonyl (C=O) groups excluding carboxylic acids is 4. The molecule has 2 saturated heterocycles. The summed E-state index contributed by atoms with van der Waals surface area (Å²) < 4.78 is 10.8. The van der Waals surface area contributed by atoms with Crippen LogP contribution in [0.5, 0.6) is 0 Å². The average Bonchev–Trinajstić information content (AvgIpc) is 3.03. The third-order valence-electron chi connectivity index (χ3n) is 6.43. The highest BCUT2D eigenvalue weighted by molar-refractivity contribution is 6.16. The number of imide groups is 1. The smallest absolute Gasteiger partial charge is 0.410 e. The van der Waals surface area contributed by atoms with Gasteiger partial charge in [0, 0.05) is 25.8 Å². The molecule has 0 aromatic heterocycles. The van der Waals surface area contributed by atoms with Crippen LogP contribution >= 0.6 is 0 Å². The first kappa shape index (κ1) is 25.2. The summed E-state index contributed by atoms with van der Waals surface area (Å²) in [6, 6.07) is 15.4. The molecule has 2 fully saturated rings. The Labute approximate surface area is 210 Å². The zero-order chi connectivity index (χ0) is 26.1. The van der Waals surface area contributed by atoms with Crippen LogP contribution in [0.15, 0.2) is 54.6 Å². The van der Waals surface area contributed by atoms with Gasteiger partial charge >= 0.3 is 18.1 Å². The van der Waals surface area contributed by atoms with Crippen molar-refractivity contribution in [3.8, 4) is 0 Å². The number of piperidine rings is 1. The number of nitrogens with zero attached hydrogens (tertiary/aromatic N) is 3. The highest BCUT2D eigenvalue weighted by Gasteiger charge is 2.58. The molecule has 4 rings (SSSR count). The Morgan fingerprint density at radius 2 is 1.56 bits per heavy atom. The second-order valence-electron chi connectivity index (χ2n) is 10.1. The third kappa shape index (κ3) is 4.91. The molecule has 2 aromatic carbocycles. The molecule has 0 unspecified atom stereocenters. The van der Waals surface area contributed by atoms with Gasteiger partial charge in [-0.15, -0.1) is 0 Å². The predicted molar refractivity (Wildman–Crippen MR) is 132 cm³/mol. The number of hydrogen-bond acceptors (Lipinski definition) is 6. The van der Waals surface area contributed by atoms with Gasteiger partial charge in [-0.3, -0.25) is 14.6 Å². The topological polar surface area (TPSA) is 96.5 Å². The van der Waals surface area contributed by atoms with Crippen molar-refractivity contribution in [2.75, 3.05) is 25.0 Å². The van der Waals surface area contributed by atoms with E-state index in [0.717, 1.165) is 10.5 Å². The van der Waals surface area contributed by atoms with Gasteiger partial charge in [0.05, 0.1) is 5.56 Å². The molecule has 0 N–H and O–H groups in total. The molecule has 0 bridgehead atoms. The minimum atomic E-state index is -1.10. The lowest BCUT2D eigenvalue weighted by Crippen LogP contribution is -2.58. The maximum Gasteiger partial charge on any atom is 0.410 e. The van der Waals surface area contributed by atoms with Crippen LogP contribution in [-0.2, 0) is 20.9 Å². The highest BCUT2D eigenvalue weighted by Crippen LogP contribution is 2.40. The van der Waals surface area contributed by atoms with Crippen LogP contribution in [0.1, 0.15) is 49.5 Å². The van der Waals surface area contributed by atoms with Gasteiger partial charge < -0.3 is 14.4 Å². The Bertz CT molecular complexity index is 1150. The lowest BCUT2D eigenvalue weighted by atomic mass is 9.85. The standard InChI is InChI=1S/C27H31N3O6/c1-26(2,3)36-25(34)29-16-14-27(15-17-29)23(32)28(4)24(33)30(27)21-12-10-20(11-13-21)22(31)35-18-19-8-6-5-7-9-19/h5-13H,14-18H2,1-4H3. The van der Waals surface area contributed by atoms with Gasteiger partial charge in [0.1, 0.15) is 17.7 Å². The molecule has 0 aliphatic carbocycles. The summed E-state index contributed by atoms with van der Waals surface area (Å²) in [4.78, 5) is 55.5. The van der Waals surface area contributed by atoms with Crippen molar-refractivity contribution < 1.29 is 28.7 Å². The molecule has 1 spiro atoms. The SMILES string of the molecule is CN1C(=O)N(c2ccc(C(=O)OCc3ccccc3)cc2)C2(CCN(C(=O)OC(C)(C)C)CC2)C1=O. The van der Waals surface area contributed by atoms with Crippen molar-refractivity contribution in [1.29, 1.82) is 0 Å². The van der Waals surface area contributed by atoms with E-state index in [9.17, 15) is 19.2 Å². The Morgan fingerprint density at radius 1 is 0.944 bits per heavy atom. The average molecular weight is 494 g/mol. The van der Waals surface area contributed by atoms with Crippen molar-refractivity contribution >= 4 is 29.7 Å². The molecule has 36 heavy (non-hydrogen) atoms. The van der Waals surface area contributed by atoms with E-state index >= 15 is 0 Å². The molecule has 9 heteroatoms. The summed E-state index contributed by atoms with van der Waals surface area (Å²) in [5.74, 6) is -0.783. The molecular formula is C27H31N3O6. The predicted octanol–water partition coefficient (Wildman–Crippen LogP) is 4.21. The Morgan fingerprint density at radius 3 is 2.14 bits per heavy atom. The number of ether oxygens (including phenoxy) is 2. The van der Waals surface area contributed by atoms with Crippen LogP contribution in [0.4, 0.5) is 15.3 Å². The van der Waals surface area contributed by atoms with E-state index in [-0.39, 0.29) is 38.4 Å². The van der Waals surface area contributed by atoms with Gasteiger partial charge in [-0.2, -0.15) is 0 Å². The van der Waals surface area contributed by atoms with Gasteiger partial charge in [0.25, 0.3) is 5.91 Å². The van der Waals surface area contributed by atoms with Crippen molar-refractivity contribution in [1.82, 2.24) is 9.80 Å². The van der Waals surface area contributed by atoms with Gasteiger partial charge in [0.15, 0.2) is 0 Å². The van der Waals surface area contributed by atoms with E-state index in [1.54, 1.807) is 49.9 Å². The molecule has 2 aliphatic heterocycles. The minimum Gasteiger partial charge on any atom is -0.457 e. The van der Waals surface area contributed by atoms with Crippen molar-refractivity contribution in [2.24, 2.45) is 0 Å². The lowest BCUT2D eigenvalue weighted by Gasteiger charge is -2.42. The number of benzene rings is 2. The monoisotopic (exact) mass is 493 g/mol. The van der Waals surface area contributed by atoms with Crippen LogP contribution in [0.2, 0.25) is 0 Å². The first-order valence-corrected chi connectivity index (χ1v) is 11.9. The Balaban J connectivity index is 1.49. The van der Waals surface area contributed by atoms with E-state index in [4.69, 9.17) is 9.47 Å². The van der Waals surface area contributed by atoms with Crippen molar-refractivity contribution in [3.63, 3.8) is 0 Å². The van der Waals surface area contributed by atoms with Gasteiger partial charge in [0.2, 0.25) is 0 Å². The fraction of sp³-hybridized carbons (Fsp3) is 0.407. The van der Waals surface area contributed by atoms with Gasteiger partial charge in [-0.1, -0.05) is 30.3 Å². The lowest BCUT2D eigenvalue weighted by molar-refractivity contribution is -0.131. The Kier molecular flexibility index (Phi) is 6.75. The second kappa shape index (κ2) is 9.64. The number of anilines is 1. The molecule has 2 heterocycles. The maximum atomic E-state index is 13.2. The van der Waals surface area contributed by atoms with E-state index in [0.29, 0.717) is 11.3 Å². The fourth-order valence-electron chi connectivity index (χ4n) is 4.56. The molecule has 0 radical (unpaired) electrons. The van der Waals surface area contributed by atoms with Crippen molar-refractivity contribution in [2.45, 2.75) is 51.4 Å². The summed E-state index contributed by atoms with van der Waals surface area (Å²) in [6.07, 6.45) is 0.122. The molecule has 2 aromatic rings. The number of likely N-dealkylation sites (tertiary alicyclic amines) is 1. The first-order chi connectivity index (χ1) is 17.0.